The molecule has 0 fully saturated rings. The summed E-state index contributed by atoms with van der Waals surface area (Å²) in [4.78, 5) is 11.1. The summed E-state index contributed by atoms with van der Waals surface area (Å²) in [5, 5.41) is 0. The van der Waals surface area contributed by atoms with Crippen LogP contribution in [-0.4, -0.2) is 26.4 Å². The SMILES string of the molecule is CCC(OC)(OC)P(C)(=O)[O-].[Na+]. The Kier molecular flexibility index (Phi) is 7.48. The van der Waals surface area contributed by atoms with Gasteiger partial charge in [-0.05, 0) is 6.66 Å². The van der Waals surface area contributed by atoms with Crippen LogP contribution in [0.4, 0.5) is 0 Å². The Balaban J connectivity index is 0. The van der Waals surface area contributed by atoms with Gasteiger partial charge in [-0.3, -0.25) is 0 Å². The summed E-state index contributed by atoms with van der Waals surface area (Å²) in [6.45, 7) is 2.81. The molecule has 4 nitrogen and oxygen atoms in total. The van der Waals surface area contributed by atoms with E-state index >= 15 is 0 Å². The molecule has 0 aromatic carbocycles. The van der Waals surface area contributed by atoms with Crippen LogP contribution in [0.3, 0.4) is 0 Å². The van der Waals surface area contributed by atoms with Gasteiger partial charge in [0.1, 0.15) is 0 Å². The number of hydrogen-bond acceptors (Lipinski definition) is 4. The van der Waals surface area contributed by atoms with Crippen molar-refractivity contribution in [3.05, 3.63) is 0 Å². The third kappa shape index (κ3) is 3.11. The number of methoxy groups -OCH3 is 2. The maximum Gasteiger partial charge on any atom is 1.00 e. The molecule has 0 amide bonds. The van der Waals surface area contributed by atoms with Crippen LogP contribution in [0.15, 0.2) is 0 Å². The standard InChI is InChI=1S/C6H15O4P.Na/c1-5-6(9-2,10-3)11(4,7)8;/h5H2,1-4H3,(H,7,8);/q;+1/p-1. The van der Waals surface area contributed by atoms with E-state index in [0.717, 1.165) is 6.66 Å². The summed E-state index contributed by atoms with van der Waals surface area (Å²) in [6, 6.07) is 0. The van der Waals surface area contributed by atoms with Gasteiger partial charge in [-0.25, -0.2) is 0 Å². The first kappa shape index (κ1) is 15.6. The summed E-state index contributed by atoms with van der Waals surface area (Å²) in [6.07, 6.45) is 0.289. The van der Waals surface area contributed by atoms with Crippen molar-refractivity contribution >= 4 is 7.37 Å². The third-order valence-electron chi connectivity index (χ3n) is 1.70. The normalized spacial score (nSPS) is 16.4. The molecule has 0 spiro atoms. The fourth-order valence-electron chi connectivity index (χ4n) is 0.991. The zero-order chi connectivity index (χ0) is 9.12. The maximum absolute atomic E-state index is 11.1. The molecular formula is C6H14NaO4P. The van der Waals surface area contributed by atoms with Crippen LogP contribution in [0.2, 0.25) is 0 Å². The van der Waals surface area contributed by atoms with Crippen molar-refractivity contribution in [3.63, 3.8) is 0 Å². The van der Waals surface area contributed by atoms with E-state index in [2.05, 4.69) is 0 Å². The van der Waals surface area contributed by atoms with Gasteiger partial charge in [0, 0.05) is 20.6 Å². The van der Waals surface area contributed by atoms with Crippen molar-refractivity contribution in [3.8, 4) is 0 Å². The summed E-state index contributed by atoms with van der Waals surface area (Å²) in [5.74, 6) is 0. The molecule has 0 aliphatic heterocycles. The molecule has 0 aliphatic carbocycles. The molecule has 0 rings (SSSR count). The van der Waals surface area contributed by atoms with Gasteiger partial charge in [-0.2, -0.15) is 0 Å². The molecule has 6 heteroatoms. The van der Waals surface area contributed by atoms with Crippen molar-refractivity contribution < 1.29 is 48.5 Å². The molecule has 12 heavy (non-hydrogen) atoms. The predicted molar refractivity (Wildman–Crippen MR) is 40.6 cm³/mol. The molecule has 68 valence electrons. The fourth-order valence-corrected chi connectivity index (χ4v) is 2.23. The van der Waals surface area contributed by atoms with Crippen LogP contribution >= 0.6 is 7.37 Å². The van der Waals surface area contributed by atoms with E-state index in [1.54, 1.807) is 6.92 Å². The van der Waals surface area contributed by atoms with Crippen LogP contribution in [0.1, 0.15) is 13.3 Å². The average Bonchev–Trinajstić information content (AvgIpc) is 1.90. The van der Waals surface area contributed by atoms with Gasteiger partial charge in [0.05, 0.1) is 7.37 Å². The van der Waals surface area contributed by atoms with Gasteiger partial charge in [0.2, 0.25) is 5.53 Å². The first-order valence-corrected chi connectivity index (χ1v) is 5.39. The quantitative estimate of drug-likeness (QED) is 0.291. The Hall–Kier alpha value is 1.11. The molecule has 0 bridgehead atoms. The molecule has 0 saturated carbocycles. The molecule has 1 unspecified atom stereocenters. The minimum atomic E-state index is -3.60. The molecule has 0 heterocycles. The van der Waals surface area contributed by atoms with Crippen molar-refractivity contribution in [1.82, 2.24) is 0 Å². The smallest absolute Gasteiger partial charge is 0.796 e. The molecule has 0 saturated heterocycles. The first-order chi connectivity index (χ1) is 4.93. The number of rotatable bonds is 4. The maximum atomic E-state index is 11.1. The van der Waals surface area contributed by atoms with E-state index < -0.39 is 12.9 Å². The van der Waals surface area contributed by atoms with Gasteiger partial charge in [-0.1, -0.05) is 6.92 Å². The van der Waals surface area contributed by atoms with Gasteiger partial charge in [-0.15, -0.1) is 0 Å². The van der Waals surface area contributed by atoms with E-state index in [9.17, 15) is 9.46 Å². The van der Waals surface area contributed by atoms with Gasteiger partial charge in [0.25, 0.3) is 0 Å². The second-order valence-corrected chi connectivity index (χ2v) is 4.69. The van der Waals surface area contributed by atoms with E-state index in [1.165, 1.54) is 14.2 Å². The molecule has 0 aliphatic rings. The molecule has 0 aromatic rings. The molecule has 0 aromatic heterocycles. The van der Waals surface area contributed by atoms with Crippen LogP contribution in [0, 0.1) is 0 Å². The minimum Gasteiger partial charge on any atom is -0.796 e. The molecule has 0 radical (unpaired) electrons. The second kappa shape index (κ2) is 5.76. The second-order valence-electron chi connectivity index (χ2n) is 2.32. The van der Waals surface area contributed by atoms with Gasteiger partial charge < -0.3 is 18.9 Å². The summed E-state index contributed by atoms with van der Waals surface area (Å²) < 4.78 is 20.7. The summed E-state index contributed by atoms with van der Waals surface area (Å²) in [7, 11) is -0.960. The van der Waals surface area contributed by atoms with Crippen LogP contribution in [-0.2, 0) is 14.0 Å². The molecule has 0 N–H and O–H groups in total. The molecular weight excluding hydrogens is 190 g/mol. The summed E-state index contributed by atoms with van der Waals surface area (Å²) in [5.41, 5.74) is -1.44. The predicted octanol–water partition coefficient (Wildman–Crippen LogP) is -2.38. The van der Waals surface area contributed by atoms with Crippen molar-refractivity contribution in [2.75, 3.05) is 20.9 Å². The van der Waals surface area contributed by atoms with E-state index in [4.69, 9.17) is 9.47 Å². The van der Waals surface area contributed by atoms with Crippen LogP contribution < -0.4 is 34.5 Å². The number of ether oxygens (including phenoxy) is 2. The Morgan fingerprint density at radius 1 is 1.42 bits per heavy atom. The van der Waals surface area contributed by atoms with E-state index in [0.29, 0.717) is 0 Å². The Labute approximate surface area is 95.4 Å². The van der Waals surface area contributed by atoms with E-state index in [-0.39, 0.29) is 36.0 Å². The van der Waals surface area contributed by atoms with Crippen LogP contribution in [0.5, 0.6) is 0 Å². The molecule has 1 atom stereocenters. The Bertz CT molecular complexity index is 155. The van der Waals surface area contributed by atoms with Gasteiger partial charge >= 0.3 is 29.6 Å². The Morgan fingerprint density at radius 2 is 1.75 bits per heavy atom. The topological polar surface area (TPSA) is 58.6 Å². The minimum absolute atomic E-state index is 0. The van der Waals surface area contributed by atoms with Crippen LogP contribution in [0.25, 0.3) is 0 Å². The van der Waals surface area contributed by atoms with E-state index in [1.807, 2.05) is 0 Å². The largest absolute Gasteiger partial charge is 1.00 e. The zero-order valence-electron chi connectivity index (χ0n) is 8.29. The fraction of sp³-hybridized carbons (Fsp3) is 1.00. The zero-order valence-corrected chi connectivity index (χ0v) is 11.2. The van der Waals surface area contributed by atoms with Crippen molar-refractivity contribution in [2.24, 2.45) is 0 Å². The van der Waals surface area contributed by atoms with Gasteiger partial charge in [0.15, 0.2) is 0 Å². The Morgan fingerprint density at radius 3 is 1.75 bits per heavy atom. The first-order valence-electron chi connectivity index (χ1n) is 3.32. The third-order valence-corrected chi connectivity index (χ3v) is 3.62. The van der Waals surface area contributed by atoms with Crippen molar-refractivity contribution in [1.29, 1.82) is 0 Å². The van der Waals surface area contributed by atoms with Crippen molar-refractivity contribution in [2.45, 2.75) is 18.9 Å². The average molecular weight is 204 g/mol. The number of hydrogen-bond donors (Lipinski definition) is 0. The summed E-state index contributed by atoms with van der Waals surface area (Å²) >= 11 is 0. The monoisotopic (exact) mass is 204 g/mol.